The highest BCUT2D eigenvalue weighted by Crippen LogP contribution is 2.26. The zero-order valence-corrected chi connectivity index (χ0v) is 21.2. The van der Waals surface area contributed by atoms with Gasteiger partial charge in [0, 0.05) is 23.6 Å². The average molecular weight is 501 g/mol. The van der Waals surface area contributed by atoms with Crippen LogP contribution in [0.2, 0.25) is 0 Å². The van der Waals surface area contributed by atoms with Crippen molar-refractivity contribution >= 4 is 34.5 Å². The second-order valence-corrected chi connectivity index (χ2v) is 9.39. The predicted molar refractivity (Wildman–Crippen MR) is 143 cm³/mol. The summed E-state index contributed by atoms with van der Waals surface area (Å²) in [4.78, 5) is 12.5. The fourth-order valence-electron chi connectivity index (χ4n) is 3.84. The van der Waals surface area contributed by atoms with Crippen LogP contribution in [0.15, 0.2) is 72.1 Å². The number of aryl methyl sites for hydroxylation is 1. The van der Waals surface area contributed by atoms with Crippen molar-refractivity contribution in [3.8, 4) is 17.0 Å². The molecule has 2 aromatic carbocycles. The number of nitrogens with zero attached hydrogens (tertiary/aromatic N) is 5. The van der Waals surface area contributed by atoms with Gasteiger partial charge in [-0.05, 0) is 60.9 Å². The van der Waals surface area contributed by atoms with E-state index in [0.29, 0.717) is 10.8 Å². The minimum atomic E-state index is -0.0872. The van der Waals surface area contributed by atoms with Crippen molar-refractivity contribution in [2.45, 2.75) is 38.3 Å². The summed E-state index contributed by atoms with van der Waals surface area (Å²) < 4.78 is 9.45. The molecule has 0 aliphatic rings. The Labute approximate surface area is 213 Å². The number of thioether (sulfide) groups is 1. The maximum Gasteiger partial charge on any atom is 0.234 e. The Kier molecular flexibility index (Phi) is 7.18. The number of hydrogen-bond acceptors (Lipinski definition) is 6. The predicted octanol–water partition coefficient (Wildman–Crippen LogP) is 5.52. The molecule has 0 radical (unpaired) electrons. The van der Waals surface area contributed by atoms with E-state index in [2.05, 4.69) is 29.4 Å². The van der Waals surface area contributed by atoms with E-state index >= 15 is 0 Å². The van der Waals surface area contributed by atoms with Crippen LogP contribution in [0.4, 0.5) is 5.69 Å². The second-order valence-electron chi connectivity index (χ2n) is 8.45. The van der Waals surface area contributed by atoms with Gasteiger partial charge in [-0.2, -0.15) is 5.10 Å². The summed E-state index contributed by atoms with van der Waals surface area (Å²) in [6.45, 7) is 4.98. The van der Waals surface area contributed by atoms with E-state index in [0.717, 1.165) is 54.1 Å². The standard InChI is InChI=1S/C27H28N6O2S/c1-3-5-16-35-22-12-8-20(9-13-22)23-17-24-26-29-30-27(32(26)14-15-33(24)31-23)36-18-25(34)28-21-10-6-19(4-2)7-11-21/h6-15,17H,3-5,16,18H2,1-2H3,(H,28,34). The van der Waals surface area contributed by atoms with Crippen LogP contribution in [0.5, 0.6) is 5.75 Å². The van der Waals surface area contributed by atoms with Gasteiger partial charge in [0.1, 0.15) is 11.3 Å². The zero-order valence-electron chi connectivity index (χ0n) is 20.3. The highest BCUT2D eigenvalue weighted by Gasteiger charge is 2.14. The summed E-state index contributed by atoms with van der Waals surface area (Å²) in [6.07, 6.45) is 6.86. The maximum atomic E-state index is 12.5. The number of amides is 1. The third-order valence-electron chi connectivity index (χ3n) is 5.88. The highest BCUT2D eigenvalue weighted by molar-refractivity contribution is 7.99. The first-order valence-electron chi connectivity index (χ1n) is 12.1. The number of fused-ring (bicyclic) bond motifs is 3. The van der Waals surface area contributed by atoms with Gasteiger partial charge in [-0.15, -0.1) is 10.2 Å². The Morgan fingerprint density at radius 3 is 2.58 bits per heavy atom. The molecule has 36 heavy (non-hydrogen) atoms. The molecule has 8 nitrogen and oxygen atoms in total. The molecule has 1 N–H and O–H groups in total. The van der Waals surface area contributed by atoms with Crippen LogP contribution in [0.25, 0.3) is 22.4 Å². The van der Waals surface area contributed by atoms with Crippen LogP contribution in [-0.4, -0.2) is 42.5 Å². The topological polar surface area (TPSA) is 85.8 Å². The normalized spacial score (nSPS) is 11.3. The number of unbranched alkanes of at least 4 members (excludes halogenated alkanes) is 1. The van der Waals surface area contributed by atoms with E-state index in [1.807, 2.05) is 71.4 Å². The van der Waals surface area contributed by atoms with E-state index in [4.69, 9.17) is 9.84 Å². The number of nitrogens with one attached hydrogen (secondary N) is 1. The van der Waals surface area contributed by atoms with Crippen molar-refractivity contribution < 1.29 is 9.53 Å². The Bertz CT molecular complexity index is 1470. The molecule has 0 aliphatic heterocycles. The van der Waals surface area contributed by atoms with Crippen molar-refractivity contribution in [1.82, 2.24) is 24.2 Å². The number of carbonyl (C=O) groups is 1. The van der Waals surface area contributed by atoms with Gasteiger partial charge in [0.05, 0.1) is 18.1 Å². The van der Waals surface area contributed by atoms with Gasteiger partial charge in [-0.1, -0.05) is 44.2 Å². The molecule has 0 bridgehead atoms. The van der Waals surface area contributed by atoms with Gasteiger partial charge >= 0.3 is 0 Å². The lowest BCUT2D eigenvalue weighted by Crippen LogP contribution is -2.14. The third-order valence-corrected chi connectivity index (χ3v) is 6.82. The average Bonchev–Trinajstić information content (AvgIpc) is 3.53. The molecule has 3 heterocycles. The van der Waals surface area contributed by atoms with Crippen molar-refractivity contribution in [2.75, 3.05) is 17.7 Å². The smallest absolute Gasteiger partial charge is 0.234 e. The van der Waals surface area contributed by atoms with E-state index in [9.17, 15) is 4.79 Å². The second kappa shape index (κ2) is 10.8. The molecule has 0 unspecified atom stereocenters. The van der Waals surface area contributed by atoms with E-state index in [1.54, 1.807) is 4.52 Å². The summed E-state index contributed by atoms with van der Waals surface area (Å²) in [5, 5.41) is 17.0. The third kappa shape index (κ3) is 5.21. The summed E-state index contributed by atoms with van der Waals surface area (Å²) in [6, 6.07) is 17.9. The van der Waals surface area contributed by atoms with Gasteiger partial charge < -0.3 is 10.1 Å². The number of hydrogen-bond donors (Lipinski definition) is 1. The van der Waals surface area contributed by atoms with E-state index < -0.39 is 0 Å². The van der Waals surface area contributed by atoms with Gasteiger partial charge in [-0.3, -0.25) is 9.20 Å². The quantitative estimate of drug-likeness (QED) is 0.201. The molecule has 0 fully saturated rings. The van der Waals surface area contributed by atoms with Gasteiger partial charge in [0.15, 0.2) is 10.8 Å². The first-order valence-corrected chi connectivity index (χ1v) is 13.1. The molecule has 184 valence electrons. The fraction of sp³-hybridized carbons (Fsp3) is 0.259. The Hall–Kier alpha value is -3.85. The van der Waals surface area contributed by atoms with Crippen molar-refractivity contribution in [3.63, 3.8) is 0 Å². The number of carbonyl (C=O) groups excluding carboxylic acids is 1. The molecule has 5 rings (SSSR count). The van der Waals surface area contributed by atoms with Crippen molar-refractivity contribution in [1.29, 1.82) is 0 Å². The number of anilines is 1. The fourth-order valence-corrected chi connectivity index (χ4v) is 4.56. The molecule has 0 saturated carbocycles. The van der Waals surface area contributed by atoms with Crippen LogP contribution in [0, 0.1) is 0 Å². The maximum absolute atomic E-state index is 12.5. The van der Waals surface area contributed by atoms with Crippen molar-refractivity contribution in [2.24, 2.45) is 0 Å². The van der Waals surface area contributed by atoms with Crippen LogP contribution in [-0.2, 0) is 11.2 Å². The van der Waals surface area contributed by atoms with Crippen LogP contribution in [0.3, 0.4) is 0 Å². The van der Waals surface area contributed by atoms with Crippen LogP contribution in [0.1, 0.15) is 32.3 Å². The van der Waals surface area contributed by atoms with Gasteiger partial charge in [-0.25, -0.2) is 4.52 Å². The number of aromatic nitrogens is 5. The highest BCUT2D eigenvalue weighted by atomic mass is 32.2. The number of rotatable bonds is 10. The monoisotopic (exact) mass is 500 g/mol. The molecule has 0 saturated heterocycles. The SMILES string of the molecule is CCCCOc1ccc(-c2cc3c4nnc(SCC(=O)Nc5ccc(CC)cc5)n4ccn3n2)cc1. The zero-order chi connectivity index (χ0) is 24.9. The first-order chi connectivity index (χ1) is 17.6. The summed E-state index contributed by atoms with van der Waals surface area (Å²) in [7, 11) is 0. The van der Waals surface area contributed by atoms with Gasteiger partial charge in [0.2, 0.25) is 5.91 Å². The molecular weight excluding hydrogens is 472 g/mol. The lowest BCUT2D eigenvalue weighted by molar-refractivity contribution is -0.113. The molecule has 3 aromatic heterocycles. The van der Waals surface area contributed by atoms with Crippen LogP contribution < -0.4 is 10.1 Å². The van der Waals surface area contributed by atoms with E-state index in [-0.39, 0.29) is 11.7 Å². The Balaban J connectivity index is 1.28. The van der Waals surface area contributed by atoms with Gasteiger partial charge in [0.25, 0.3) is 0 Å². The molecule has 9 heteroatoms. The van der Waals surface area contributed by atoms with Crippen LogP contribution >= 0.6 is 11.8 Å². The molecular formula is C27H28N6O2S. The molecule has 0 aliphatic carbocycles. The molecule has 0 spiro atoms. The minimum Gasteiger partial charge on any atom is -0.494 e. The van der Waals surface area contributed by atoms with Crippen molar-refractivity contribution in [3.05, 3.63) is 72.6 Å². The first kappa shape index (κ1) is 23.9. The minimum absolute atomic E-state index is 0.0872. The molecule has 0 atom stereocenters. The summed E-state index contributed by atoms with van der Waals surface area (Å²) >= 11 is 1.35. The summed E-state index contributed by atoms with van der Waals surface area (Å²) in [5.74, 6) is 1.01. The number of benzene rings is 2. The van der Waals surface area contributed by atoms with E-state index in [1.165, 1.54) is 17.3 Å². The summed E-state index contributed by atoms with van der Waals surface area (Å²) in [5.41, 5.74) is 5.40. The molecule has 5 aromatic rings. The number of ether oxygens (including phenoxy) is 1. The lowest BCUT2D eigenvalue weighted by atomic mass is 10.1. The molecule has 1 amide bonds. The lowest BCUT2D eigenvalue weighted by Gasteiger charge is -2.05. The largest absolute Gasteiger partial charge is 0.494 e. The Morgan fingerprint density at radius 2 is 1.83 bits per heavy atom. The Morgan fingerprint density at radius 1 is 1.03 bits per heavy atom.